The summed E-state index contributed by atoms with van der Waals surface area (Å²) in [5, 5.41) is 3.41. The number of hydrogen-bond donors (Lipinski definition) is 1. The number of halogens is 1. The third-order valence-corrected chi connectivity index (χ3v) is 3.74. The third-order valence-electron chi connectivity index (χ3n) is 3.51. The van der Waals surface area contributed by atoms with Gasteiger partial charge in [-0.05, 0) is 36.4 Å². The maximum Gasteiger partial charge on any atom is 0.256 e. The lowest BCUT2D eigenvalue weighted by molar-refractivity contribution is -0.110. The van der Waals surface area contributed by atoms with E-state index in [1.807, 2.05) is 12.1 Å². The quantitative estimate of drug-likeness (QED) is 0.875. The van der Waals surface area contributed by atoms with Crippen LogP contribution >= 0.6 is 11.6 Å². The van der Waals surface area contributed by atoms with Crippen LogP contribution in [0.5, 0.6) is 11.5 Å². The van der Waals surface area contributed by atoms with E-state index in [-0.39, 0.29) is 5.91 Å². The summed E-state index contributed by atoms with van der Waals surface area (Å²) >= 11 is 6.03. The Morgan fingerprint density at radius 2 is 1.91 bits per heavy atom. The van der Waals surface area contributed by atoms with Crippen LogP contribution in [-0.4, -0.2) is 20.1 Å². The minimum absolute atomic E-state index is 0.157. The van der Waals surface area contributed by atoms with Crippen LogP contribution in [0.1, 0.15) is 11.1 Å². The fraction of sp³-hybridized carbons (Fsp3) is 0.118. The summed E-state index contributed by atoms with van der Waals surface area (Å²) in [5.74, 6) is 1.17. The van der Waals surface area contributed by atoms with Gasteiger partial charge in [0.05, 0.1) is 14.2 Å². The van der Waals surface area contributed by atoms with E-state index in [9.17, 15) is 4.79 Å². The van der Waals surface area contributed by atoms with Crippen molar-refractivity contribution in [3.8, 4) is 11.5 Å². The first-order valence-corrected chi connectivity index (χ1v) is 7.05. The zero-order valence-electron chi connectivity index (χ0n) is 12.1. The van der Waals surface area contributed by atoms with Gasteiger partial charge in [-0.25, -0.2) is 0 Å². The molecule has 112 valence electrons. The minimum Gasteiger partial charge on any atom is -0.497 e. The molecule has 1 N–H and O–H groups in total. The van der Waals surface area contributed by atoms with Crippen molar-refractivity contribution in [3.63, 3.8) is 0 Å². The van der Waals surface area contributed by atoms with Gasteiger partial charge in [0.1, 0.15) is 11.5 Å². The van der Waals surface area contributed by atoms with E-state index in [4.69, 9.17) is 21.1 Å². The van der Waals surface area contributed by atoms with Crippen molar-refractivity contribution >= 4 is 34.8 Å². The number of nitrogens with one attached hydrogen (secondary N) is 1. The molecule has 0 unspecified atom stereocenters. The SMILES string of the molecule is COc1ccc(/C=C2/C(=O)Nc3ccc(Cl)cc32)c(OC)c1. The lowest BCUT2D eigenvalue weighted by atomic mass is 10.0. The van der Waals surface area contributed by atoms with E-state index >= 15 is 0 Å². The number of rotatable bonds is 3. The van der Waals surface area contributed by atoms with Crippen LogP contribution in [0.2, 0.25) is 5.02 Å². The maximum absolute atomic E-state index is 12.2. The topological polar surface area (TPSA) is 47.6 Å². The molecule has 0 bridgehead atoms. The smallest absolute Gasteiger partial charge is 0.256 e. The summed E-state index contributed by atoms with van der Waals surface area (Å²) in [6.45, 7) is 0. The standard InChI is InChI=1S/C17H14ClNO3/c1-21-12-5-3-10(16(9-12)22-2)7-14-13-8-11(18)4-6-15(13)19-17(14)20/h3-9H,1-2H3,(H,19,20)/b14-7+. The highest BCUT2D eigenvalue weighted by molar-refractivity contribution is 6.36. The van der Waals surface area contributed by atoms with Gasteiger partial charge in [0, 0.05) is 33.5 Å². The molecule has 1 amide bonds. The van der Waals surface area contributed by atoms with Crippen molar-refractivity contribution in [1.82, 2.24) is 0 Å². The Bertz CT molecular complexity index is 783. The van der Waals surface area contributed by atoms with Crippen LogP contribution < -0.4 is 14.8 Å². The lowest BCUT2D eigenvalue weighted by Crippen LogP contribution is -2.03. The number of amides is 1. The first-order valence-electron chi connectivity index (χ1n) is 6.67. The average molecular weight is 316 g/mol. The van der Waals surface area contributed by atoms with E-state index in [1.54, 1.807) is 44.6 Å². The number of hydrogen-bond acceptors (Lipinski definition) is 3. The van der Waals surface area contributed by atoms with Crippen LogP contribution in [0.3, 0.4) is 0 Å². The number of methoxy groups -OCH3 is 2. The van der Waals surface area contributed by atoms with Gasteiger partial charge in [0.2, 0.25) is 0 Å². The molecule has 22 heavy (non-hydrogen) atoms. The second-order valence-electron chi connectivity index (χ2n) is 4.81. The molecule has 0 atom stereocenters. The van der Waals surface area contributed by atoms with Crippen molar-refractivity contribution in [2.45, 2.75) is 0 Å². The second kappa shape index (κ2) is 5.73. The largest absolute Gasteiger partial charge is 0.497 e. The second-order valence-corrected chi connectivity index (χ2v) is 5.25. The molecule has 1 aliphatic rings. The Morgan fingerprint density at radius 1 is 1.09 bits per heavy atom. The van der Waals surface area contributed by atoms with Crippen molar-refractivity contribution < 1.29 is 14.3 Å². The van der Waals surface area contributed by atoms with Gasteiger partial charge in [-0.15, -0.1) is 0 Å². The summed E-state index contributed by atoms with van der Waals surface area (Å²) in [7, 11) is 3.17. The summed E-state index contributed by atoms with van der Waals surface area (Å²) in [6.07, 6.45) is 1.79. The van der Waals surface area contributed by atoms with Gasteiger partial charge in [0.25, 0.3) is 5.91 Å². The Hall–Kier alpha value is -2.46. The molecule has 0 aromatic heterocycles. The highest BCUT2D eigenvalue weighted by Gasteiger charge is 2.24. The van der Waals surface area contributed by atoms with Gasteiger partial charge >= 0.3 is 0 Å². The first-order chi connectivity index (χ1) is 10.6. The minimum atomic E-state index is -0.157. The van der Waals surface area contributed by atoms with E-state index < -0.39 is 0 Å². The molecule has 2 aromatic carbocycles. The molecule has 0 radical (unpaired) electrons. The fourth-order valence-corrected chi connectivity index (χ4v) is 2.57. The molecule has 0 saturated heterocycles. The molecule has 4 nitrogen and oxygen atoms in total. The Kier molecular flexibility index (Phi) is 3.77. The predicted molar refractivity (Wildman–Crippen MR) is 87.5 cm³/mol. The van der Waals surface area contributed by atoms with Crippen LogP contribution in [0.15, 0.2) is 36.4 Å². The lowest BCUT2D eigenvalue weighted by Gasteiger charge is -2.08. The summed E-state index contributed by atoms with van der Waals surface area (Å²) in [5.41, 5.74) is 2.89. The highest BCUT2D eigenvalue weighted by atomic mass is 35.5. The fourth-order valence-electron chi connectivity index (χ4n) is 2.40. The molecular weight excluding hydrogens is 302 g/mol. The van der Waals surface area contributed by atoms with Gasteiger partial charge < -0.3 is 14.8 Å². The summed E-state index contributed by atoms with van der Waals surface area (Å²) in [4.78, 5) is 12.2. The Morgan fingerprint density at radius 3 is 2.64 bits per heavy atom. The highest BCUT2D eigenvalue weighted by Crippen LogP contribution is 2.36. The number of anilines is 1. The molecule has 5 heteroatoms. The van der Waals surface area contributed by atoms with Crippen molar-refractivity contribution in [2.24, 2.45) is 0 Å². The maximum atomic E-state index is 12.2. The zero-order chi connectivity index (χ0) is 15.7. The van der Waals surface area contributed by atoms with Crippen LogP contribution in [-0.2, 0) is 4.79 Å². The number of ether oxygens (including phenoxy) is 2. The van der Waals surface area contributed by atoms with Crippen molar-refractivity contribution in [2.75, 3.05) is 19.5 Å². The van der Waals surface area contributed by atoms with Gasteiger partial charge in [0.15, 0.2) is 0 Å². The Balaban J connectivity index is 2.10. The van der Waals surface area contributed by atoms with Gasteiger partial charge in [-0.3, -0.25) is 4.79 Å². The number of benzene rings is 2. The van der Waals surface area contributed by atoms with E-state index in [2.05, 4.69) is 5.32 Å². The van der Waals surface area contributed by atoms with Crippen LogP contribution in [0.25, 0.3) is 11.6 Å². The summed E-state index contributed by atoms with van der Waals surface area (Å²) < 4.78 is 10.5. The number of carbonyl (C=O) groups is 1. The van der Waals surface area contributed by atoms with Crippen LogP contribution in [0.4, 0.5) is 5.69 Å². The van der Waals surface area contributed by atoms with Gasteiger partial charge in [-0.2, -0.15) is 0 Å². The molecule has 0 saturated carbocycles. The molecule has 0 aliphatic carbocycles. The molecule has 0 spiro atoms. The van der Waals surface area contributed by atoms with E-state index in [1.165, 1.54) is 0 Å². The van der Waals surface area contributed by atoms with Crippen molar-refractivity contribution in [1.29, 1.82) is 0 Å². The number of carbonyl (C=O) groups excluding carboxylic acids is 1. The monoisotopic (exact) mass is 315 g/mol. The van der Waals surface area contributed by atoms with Crippen molar-refractivity contribution in [3.05, 3.63) is 52.5 Å². The van der Waals surface area contributed by atoms with Crippen LogP contribution in [0, 0.1) is 0 Å². The average Bonchev–Trinajstić information content (AvgIpc) is 2.83. The Labute approximate surface area is 133 Å². The summed E-state index contributed by atoms with van der Waals surface area (Å²) in [6, 6.07) is 10.8. The zero-order valence-corrected chi connectivity index (χ0v) is 12.9. The van der Waals surface area contributed by atoms with E-state index in [0.29, 0.717) is 22.1 Å². The van der Waals surface area contributed by atoms with Gasteiger partial charge in [-0.1, -0.05) is 11.6 Å². The van der Waals surface area contributed by atoms with E-state index in [0.717, 1.165) is 16.8 Å². The third kappa shape index (κ3) is 2.53. The molecule has 2 aromatic rings. The normalized spacial score (nSPS) is 14.7. The number of fused-ring (bicyclic) bond motifs is 1. The first kappa shape index (κ1) is 14.5. The molecule has 0 fully saturated rings. The molecule has 1 heterocycles. The predicted octanol–water partition coefficient (Wildman–Crippen LogP) is 3.85. The molecular formula is C17H14ClNO3. The molecule has 3 rings (SSSR count). The molecule has 1 aliphatic heterocycles.